The highest BCUT2D eigenvalue weighted by Gasteiger charge is 2.28. The number of fused-ring (bicyclic) bond motifs is 1. The fraction of sp³-hybridized carbons (Fsp3) is 0.308. The van der Waals surface area contributed by atoms with Gasteiger partial charge in [-0.05, 0) is 55.9 Å². The van der Waals surface area contributed by atoms with Crippen LogP contribution in [-0.4, -0.2) is 73.4 Å². The van der Waals surface area contributed by atoms with E-state index in [1.807, 2.05) is 41.1 Å². The van der Waals surface area contributed by atoms with Gasteiger partial charge in [0.2, 0.25) is 16.0 Å². The van der Waals surface area contributed by atoms with Crippen LogP contribution in [0.25, 0.3) is 16.7 Å². The van der Waals surface area contributed by atoms with Crippen molar-refractivity contribution in [3.8, 4) is 5.69 Å². The van der Waals surface area contributed by atoms with E-state index in [4.69, 9.17) is 0 Å². The number of sulfonamides is 1. The summed E-state index contributed by atoms with van der Waals surface area (Å²) < 4.78 is 43.1. The first-order valence-electron chi connectivity index (χ1n) is 12.3. The number of anilines is 4. The second-order valence-electron chi connectivity index (χ2n) is 9.50. The van der Waals surface area contributed by atoms with Crippen LogP contribution in [0.2, 0.25) is 0 Å². The van der Waals surface area contributed by atoms with E-state index in [1.165, 1.54) is 10.4 Å². The van der Waals surface area contributed by atoms with Crippen molar-refractivity contribution in [3.05, 3.63) is 66.7 Å². The summed E-state index contributed by atoms with van der Waals surface area (Å²) in [4.78, 5) is 13.4. The fourth-order valence-corrected chi connectivity index (χ4v) is 6.49. The number of nitrogens with one attached hydrogen (secondary N) is 1. The van der Waals surface area contributed by atoms with Gasteiger partial charge in [0.05, 0.1) is 17.1 Å². The summed E-state index contributed by atoms with van der Waals surface area (Å²) in [6.07, 6.45) is 4.22. The molecule has 4 aromatic rings. The maximum Gasteiger partial charge on any atom is 0.235 e. The number of aromatic nitrogens is 3. The summed E-state index contributed by atoms with van der Waals surface area (Å²) in [6, 6.07) is 14.4. The Hall–Kier alpha value is -3.70. The molecule has 0 saturated carbocycles. The largest absolute Gasteiger partial charge is 0.367 e. The van der Waals surface area contributed by atoms with Crippen molar-refractivity contribution in [2.75, 3.05) is 60.0 Å². The van der Waals surface area contributed by atoms with Gasteiger partial charge in [-0.25, -0.2) is 17.8 Å². The van der Waals surface area contributed by atoms with Crippen LogP contribution in [0.5, 0.6) is 0 Å². The lowest BCUT2D eigenvalue weighted by molar-refractivity contribution is 0.311. The van der Waals surface area contributed by atoms with Crippen molar-refractivity contribution in [2.45, 2.75) is 6.42 Å². The highest BCUT2D eigenvalue weighted by atomic mass is 32.2. The molecule has 2 aliphatic rings. The predicted octanol–water partition coefficient (Wildman–Crippen LogP) is 3.59. The molecule has 1 N–H and O–H groups in total. The van der Waals surface area contributed by atoms with E-state index in [0.29, 0.717) is 41.6 Å². The minimum atomic E-state index is -3.27. The van der Waals surface area contributed by atoms with Gasteiger partial charge in [0.15, 0.2) is 0 Å². The molecule has 0 radical (unpaired) electrons. The van der Waals surface area contributed by atoms with Crippen molar-refractivity contribution in [1.82, 2.24) is 19.4 Å². The number of rotatable bonds is 5. The number of hydrogen-bond donors (Lipinski definition) is 1. The predicted molar refractivity (Wildman–Crippen MR) is 144 cm³/mol. The van der Waals surface area contributed by atoms with Crippen LogP contribution in [-0.2, 0) is 10.0 Å². The third-order valence-corrected chi connectivity index (χ3v) is 8.84. The zero-order chi connectivity index (χ0) is 25.6. The summed E-state index contributed by atoms with van der Waals surface area (Å²) in [6.45, 7) is 3.88. The van der Waals surface area contributed by atoms with Crippen molar-refractivity contribution >= 4 is 44.1 Å². The third-order valence-electron chi connectivity index (χ3n) is 6.97. The van der Waals surface area contributed by atoms with Gasteiger partial charge in [0.1, 0.15) is 11.5 Å². The smallest absolute Gasteiger partial charge is 0.235 e. The van der Waals surface area contributed by atoms with Crippen LogP contribution in [0.4, 0.5) is 27.4 Å². The minimum Gasteiger partial charge on any atom is -0.367 e. The van der Waals surface area contributed by atoms with Gasteiger partial charge in [0, 0.05) is 61.9 Å². The van der Waals surface area contributed by atoms with Crippen molar-refractivity contribution in [3.63, 3.8) is 0 Å². The molecule has 9 nitrogen and oxygen atoms in total. The molecular weight excluding hydrogens is 493 g/mol. The SMILES string of the molecule is CN1CCN(c2ccc(Nc3ncc4ccn(-c5cccc(N6CCCS6(=O)=O)c5)c4n3)cc2F)CC1. The molecule has 2 saturated heterocycles. The molecule has 6 rings (SSSR count). The van der Waals surface area contributed by atoms with Crippen LogP contribution >= 0.6 is 0 Å². The zero-order valence-corrected chi connectivity index (χ0v) is 21.3. The first kappa shape index (κ1) is 23.7. The molecule has 0 atom stereocenters. The second kappa shape index (κ2) is 9.31. The second-order valence-corrected chi connectivity index (χ2v) is 11.5. The Morgan fingerprint density at radius 1 is 0.973 bits per heavy atom. The summed E-state index contributed by atoms with van der Waals surface area (Å²) >= 11 is 0. The maximum absolute atomic E-state index is 15.0. The van der Waals surface area contributed by atoms with E-state index in [9.17, 15) is 12.8 Å². The highest BCUT2D eigenvalue weighted by molar-refractivity contribution is 7.93. The van der Waals surface area contributed by atoms with Gasteiger partial charge in [-0.1, -0.05) is 6.07 Å². The Morgan fingerprint density at radius 3 is 2.54 bits per heavy atom. The summed E-state index contributed by atoms with van der Waals surface area (Å²) in [5.41, 5.74) is 3.26. The molecule has 0 spiro atoms. The van der Waals surface area contributed by atoms with E-state index in [2.05, 4.69) is 32.1 Å². The van der Waals surface area contributed by atoms with Gasteiger partial charge in [0.25, 0.3) is 0 Å². The topological polar surface area (TPSA) is 86.6 Å². The average Bonchev–Trinajstić information content (AvgIpc) is 3.47. The molecule has 11 heteroatoms. The third kappa shape index (κ3) is 4.60. The van der Waals surface area contributed by atoms with Gasteiger partial charge in [-0.3, -0.25) is 4.31 Å². The van der Waals surface area contributed by atoms with E-state index < -0.39 is 10.0 Å². The lowest BCUT2D eigenvalue weighted by atomic mass is 10.2. The zero-order valence-electron chi connectivity index (χ0n) is 20.5. The standard InChI is InChI=1S/C26H28FN7O2S/c1-31-11-13-32(14-12-31)24-7-6-20(16-23(24)27)29-26-28-18-19-8-10-33(25(19)30-26)21-4-2-5-22(17-21)34-9-3-15-37(34,35)36/h2,4-8,10,16-18H,3,9,11-15H2,1H3,(H,28,29,30). The van der Waals surface area contributed by atoms with Crippen molar-refractivity contribution in [2.24, 2.45) is 0 Å². The molecule has 2 fully saturated rings. The molecule has 192 valence electrons. The van der Waals surface area contributed by atoms with Crippen molar-refractivity contribution in [1.29, 1.82) is 0 Å². The van der Waals surface area contributed by atoms with Crippen LogP contribution in [0.1, 0.15) is 6.42 Å². The number of likely N-dealkylation sites (N-methyl/N-ethyl adjacent to an activating group) is 1. The Bertz CT molecular complexity index is 1560. The van der Waals surface area contributed by atoms with Crippen LogP contribution in [0.15, 0.2) is 60.9 Å². The molecule has 0 unspecified atom stereocenters. The fourth-order valence-electron chi connectivity index (χ4n) is 4.93. The monoisotopic (exact) mass is 521 g/mol. The molecular formula is C26H28FN7O2S. The maximum atomic E-state index is 15.0. The lowest BCUT2D eigenvalue weighted by Crippen LogP contribution is -2.44. The molecule has 0 bridgehead atoms. The Labute approximate surface area is 215 Å². The van der Waals surface area contributed by atoms with Crippen LogP contribution < -0.4 is 14.5 Å². The molecule has 2 aliphatic heterocycles. The number of nitrogens with zero attached hydrogens (tertiary/aromatic N) is 6. The van der Waals surface area contributed by atoms with Gasteiger partial charge >= 0.3 is 0 Å². The quantitative estimate of drug-likeness (QED) is 0.430. The molecule has 37 heavy (non-hydrogen) atoms. The number of halogens is 1. The van der Waals surface area contributed by atoms with Gasteiger partial charge in [-0.2, -0.15) is 4.98 Å². The summed E-state index contributed by atoms with van der Waals surface area (Å²) in [7, 11) is -1.20. The van der Waals surface area contributed by atoms with Crippen LogP contribution in [0.3, 0.4) is 0 Å². The molecule has 2 aromatic carbocycles. The van der Waals surface area contributed by atoms with Gasteiger partial charge in [-0.15, -0.1) is 0 Å². The molecule has 0 amide bonds. The molecule has 4 heterocycles. The van der Waals surface area contributed by atoms with Gasteiger partial charge < -0.3 is 19.7 Å². The summed E-state index contributed by atoms with van der Waals surface area (Å²) in [5, 5.41) is 3.95. The van der Waals surface area contributed by atoms with E-state index in [-0.39, 0.29) is 11.6 Å². The normalized spacial score (nSPS) is 18.0. The Kier molecular flexibility index (Phi) is 5.96. The molecule has 2 aromatic heterocycles. The van der Waals surface area contributed by atoms with E-state index in [1.54, 1.807) is 18.3 Å². The lowest BCUT2D eigenvalue weighted by Gasteiger charge is -2.34. The first-order chi connectivity index (χ1) is 17.9. The number of benzene rings is 2. The van der Waals surface area contributed by atoms with Crippen molar-refractivity contribution < 1.29 is 12.8 Å². The average molecular weight is 522 g/mol. The summed E-state index contributed by atoms with van der Waals surface area (Å²) in [5.74, 6) is 0.230. The Balaban J connectivity index is 1.26. The Morgan fingerprint density at radius 2 is 1.78 bits per heavy atom. The van der Waals surface area contributed by atoms with E-state index in [0.717, 1.165) is 37.3 Å². The number of piperazine rings is 1. The minimum absolute atomic E-state index is 0.170. The first-order valence-corrected chi connectivity index (χ1v) is 13.9. The highest BCUT2D eigenvalue weighted by Crippen LogP contribution is 2.29. The molecule has 0 aliphatic carbocycles. The number of hydrogen-bond acceptors (Lipinski definition) is 7. The van der Waals surface area contributed by atoms with Crippen LogP contribution in [0, 0.1) is 5.82 Å². The van der Waals surface area contributed by atoms with E-state index >= 15 is 0 Å².